The van der Waals surface area contributed by atoms with Gasteiger partial charge in [-0.1, -0.05) is 6.07 Å². The van der Waals surface area contributed by atoms with Gasteiger partial charge in [0, 0.05) is 37.1 Å². The second kappa shape index (κ2) is 5.80. The fourth-order valence-corrected chi connectivity index (χ4v) is 3.66. The van der Waals surface area contributed by atoms with Gasteiger partial charge < -0.3 is 5.73 Å². The molecular formula is C13H13Br2NOS. The van der Waals surface area contributed by atoms with Crippen LogP contribution in [0.1, 0.15) is 18.4 Å². The summed E-state index contributed by atoms with van der Waals surface area (Å²) in [5, 5.41) is 0. The fraction of sp³-hybridized carbons (Fsp3) is 0.308. The summed E-state index contributed by atoms with van der Waals surface area (Å²) in [5.41, 5.74) is 7.50. The molecule has 0 saturated heterocycles. The molecular weight excluding hydrogens is 378 g/mol. The van der Waals surface area contributed by atoms with Gasteiger partial charge >= 0.3 is 0 Å². The minimum Gasteiger partial charge on any atom is -0.398 e. The zero-order valence-electron chi connectivity index (χ0n) is 9.87. The van der Waals surface area contributed by atoms with Crippen molar-refractivity contribution in [1.29, 1.82) is 0 Å². The van der Waals surface area contributed by atoms with Crippen molar-refractivity contribution in [3.63, 3.8) is 0 Å². The summed E-state index contributed by atoms with van der Waals surface area (Å²) < 4.78 is 1.96. The first-order valence-electron chi connectivity index (χ1n) is 5.58. The third-order valence-electron chi connectivity index (χ3n) is 2.84. The Balaban J connectivity index is 2.37. The number of carbonyl (C=O) groups is 1. The lowest BCUT2D eigenvalue weighted by molar-refractivity contribution is -0.115. The van der Waals surface area contributed by atoms with Gasteiger partial charge in [-0.3, -0.25) is 4.79 Å². The quantitative estimate of drug-likeness (QED) is 0.618. The SMILES string of the molecule is CSc1c(C(N)=CC(=O)C2CC2)ccc(Br)c1Br. The molecule has 0 atom stereocenters. The summed E-state index contributed by atoms with van der Waals surface area (Å²) >= 11 is 8.61. The van der Waals surface area contributed by atoms with Crippen LogP contribution in [0.15, 0.2) is 32.0 Å². The van der Waals surface area contributed by atoms with Gasteiger partial charge in [0.1, 0.15) is 0 Å². The van der Waals surface area contributed by atoms with E-state index >= 15 is 0 Å². The number of allylic oxidation sites excluding steroid dienone is 1. The first-order chi connectivity index (χ1) is 8.54. The van der Waals surface area contributed by atoms with Crippen LogP contribution in [0.5, 0.6) is 0 Å². The van der Waals surface area contributed by atoms with Crippen LogP contribution in [0, 0.1) is 5.92 Å². The van der Waals surface area contributed by atoms with Crippen LogP contribution >= 0.6 is 43.6 Å². The van der Waals surface area contributed by atoms with Crippen LogP contribution in [-0.4, -0.2) is 12.0 Å². The standard InChI is InChI=1S/C13H13Br2NOS/c1-18-13-8(4-5-9(14)12(13)15)10(16)6-11(17)7-2-3-7/h4-7H,2-3,16H2,1H3. The molecule has 2 nitrogen and oxygen atoms in total. The van der Waals surface area contributed by atoms with Crippen molar-refractivity contribution < 1.29 is 4.79 Å². The monoisotopic (exact) mass is 389 g/mol. The van der Waals surface area contributed by atoms with Crippen molar-refractivity contribution in [3.8, 4) is 0 Å². The van der Waals surface area contributed by atoms with E-state index in [-0.39, 0.29) is 11.7 Å². The smallest absolute Gasteiger partial charge is 0.160 e. The van der Waals surface area contributed by atoms with Gasteiger partial charge in [-0.25, -0.2) is 0 Å². The summed E-state index contributed by atoms with van der Waals surface area (Å²) in [6.45, 7) is 0. The summed E-state index contributed by atoms with van der Waals surface area (Å²) in [7, 11) is 0. The number of benzene rings is 1. The van der Waals surface area contributed by atoms with E-state index in [4.69, 9.17) is 5.73 Å². The molecule has 5 heteroatoms. The summed E-state index contributed by atoms with van der Waals surface area (Å²) in [4.78, 5) is 12.8. The van der Waals surface area contributed by atoms with Crippen LogP contribution in [-0.2, 0) is 4.79 Å². The van der Waals surface area contributed by atoms with Crippen LogP contribution < -0.4 is 5.73 Å². The molecule has 0 aliphatic heterocycles. The lowest BCUT2D eigenvalue weighted by Gasteiger charge is -2.11. The summed E-state index contributed by atoms with van der Waals surface area (Å²) in [6.07, 6.45) is 5.57. The highest BCUT2D eigenvalue weighted by Crippen LogP contribution is 2.37. The van der Waals surface area contributed by atoms with E-state index in [1.165, 1.54) is 0 Å². The van der Waals surface area contributed by atoms with Gasteiger partial charge in [-0.15, -0.1) is 11.8 Å². The van der Waals surface area contributed by atoms with Crippen molar-refractivity contribution in [2.24, 2.45) is 11.7 Å². The summed E-state index contributed by atoms with van der Waals surface area (Å²) in [6, 6.07) is 3.87. The number of ketones is 1. The molecule has 0 unspecified atom stereocenters. The second-order valence-corrected chi connectivity index (χ2v) is 6.68. The molecule has 96 valence electrons. The third-order valence-corrected chi connectivity index (χ3v) is 5.95. The first-order valence-corrected chi connectivity index (χ1v) is 8.39. The van der Waals surface area contributed by atoms with E-state index in [0.29, 0.717) is 5.70 Å². The maximum Gasteiger partial charge on any atom is 0.160 e. The van der Waals surface area contributed by atoms with Gasteiger partial charge in [0.15, 0.2) is 5.78 Å². The summed E-state index contributed by atoms with van der Waals surface area (Å²) in [5.74, 6) is 0.360. The molecule has 1 aromatic carbocycles. The fourth-order valence-electron chi connectivity index (χ4n) is 1.68. The van der Waals surface area contributed by atoms with Crippen molar-refractivity contribution >= 4 is 55.1 Å². The number of thioether (sulfide) groups is 1. The van der Waals surface area contributed by atoms with Crippen molar-refractivity contribution in [2.75, 3.05) is 6.26 Å². The highest BCUT2D eigenvalue weighted by molar-refractivity contribution is 9.13. The van der Waals surface area contributed by atoms with Gasteiger partial charge in [0.25, 0.3) is 0 Å². The molecule has 18 heavy (non-hydrogen) atoms. The number of nitrogens with two attached hydrogens (primary N) is 1. The van der Waals surface area contributed by atoms with Crippen LogP contribution in [0.25, 0.3) is 5.70 Å². The van der Waals surface area contributed by atoms with Crippen molar-refractivity contribution in [3.05, 3.63) is 32.7 Å². The second-order valence-electron chi connectivity index (χ2n) is 4.22. The molecule has 2 rings (SSSR count). The predicted molar refractivity (Wildman–Crippen MR) is 83.5 cm³/mol. The van der Waals surface area contributed by atoms with Gasteiger partial charge in [0.2, 0.25) is 0 Å². The molecule has 0 radical (unpaired) electrons. The Labute approximate surface area is 128 Å². The van der Waals surface area contributed by atoms with E-state index in [9.17, 15) is 4.79 Å². The van der Waals surface area contributed by atoms with E-state index in [0.717, 1.165) is 32.2 Å². The predicted octanol–water partition coefficient (Wildman–Crippen LogP) is 4.21. The number of hydrogen-bond acceptors (Lipinski definition) is 3. The molecule has 0 bridgehead atoms. The van der Waals surface area contributed by atoms with Crippen LogP contribution in [0.2, 0.25) is 0 Å². The van der Waals surface area contributed by atoms with Crippen LogP contribution in [0.3, 0.4) is 0 Å². The normalized spacial score (nSPS) is 15.8. The Kier molecular flexibility index (Phi) is 4.56. The minimum absolute atomic E-state index is 0.151. The largest absolute Gasteiger partial charge is 0.398 e. The van der Waals surface area contributed by atoms with Crippen molar-refractivity contribution in [1.82, 2.24) is 0 Å². The Bertz CT molecular complexity index is 524. The molecule has 1 fully saturated rings. The maximum absolute atomic E-state index is 11.8. The molecule has 0 aromatic heterocycles. The average molecular weight is 391 g/mol. The van der Waals surface area contributed by atoms with E-state index < -0.39 is 0 Å². The Morgan fingerprint density at radius 1 is 1.44 bits per heavy atom. The topological polar surface area (TPSA) is 43.1 Å². The number of hydrogen-bond donors (Lipinski definition) is 1. The average Bonchev–Trinajstić information content (AvgIpc) is 3.16. The molecule has 2 N–H and O–H groups in total. The molecule has 0 spiro atoms. The molecule has 0 heterocycles. The Hall–Kier alpha value is -0.260. The Morgan fingerprint density at radius 2 is 2.11 bits per heavy atom. The van der Waals surface area contributed by atoms with Gasteiger partial charge in [-0.05, 0) is 57.0 Å². The number of rotatable bonds is 4. The third kappa shape index (κ3) is 3.00. The van der Waals surface area contributed by atoms with Gasteiger partial charge in [-0.2, -0.15) is 0 Å². The molecule has 1 aromatic rings. The zero-order valence-corrected chi connectivity index (χ0v) is 13.9. The van der Waals surface area contributed by atoms with E-state index in [1.54, 1.807) is 17.8 Å². The highest BCUT2D eigenvalue weighted by atomic mass is 79.9. The zero-order chi connectivity index (χ0) is 13.3. The van der Waals surface area contributed by atoms with Crippen LogP contribution in [0.4, 0.5) is 0 Å². The molecule has 1 aliphatic rings. The van der Waals surface area contributed by atoms with Crippen molar-refractivity contribution in [2.45, 2.75) is 17.7 Å². The highest BCUT2D eigenvalue weighted by Gasteiger charge is 2.28. The van der Waals surface area contributed by atoms with E-state index in [1.807, 2.05) is 18.4 Å². The minimum atomic E-state index is 0.151. The lowest BCUT2D eigenvalue weighted by Crippen LogP contribution is -2.04. The molecule has 1 aliphatic carbocycles. The van der Waals surface area contributed by atoms with Gasteiger partial charge in [0.05, 0.1) is 0 Å². The number of halogens is 2. The lowest BCUT2D eigenvalue weighted by atomic mass is 10.1. The maximum atomic E-state index is 11.8. The molecule has 0 amide bonds. The molecule has 1 saturated carbocycles. The Morgan fingerprint density at radius 3 is 2.67 bits per heavy atom. The number of carbonyl (C=O) groups excluding carboxylic acids is 1. The first kappa shape index (κ1) is 14.2. The van der Waals surface area contributed by atoms with E-state index in [2.05, 4.69) is 31.9 Å².